The highest BCUT2D eigenvalue weighted by Crippen LogP contribution is 2.37. The van der Waals surface area contributed by atoms with E-state index in [9.17, 15) is 4.79 Å². The fraction of sp³-hybridized carbons (Fsp3) is 0.364. The van der Waals surface area contributed by atoms with Gasteiger partial charge in [0, 0.05) is 24.6 Å². The Morgan fingerprint density at radius 3 is 2.72 bits per heavy atom. The molecule has 2 aromatic carbocycles. The predicted octanol–water partition coefficient (Wildman–Crippen LogP) is 5.02. The van der Waals surface area contributed by atoms with Gasteiger partial charge in [0.2, 0.25) is 0 Å². The number of aromatic nitrogens is 1. The van der Waals surface area contributed by atoms with Crippen molar-refractivity contribution >= 4 is 32.9 Å². The fourth-order valence-electron chi connectivity index (χ4n) is 3.70. The summed E-state index contributed by atoms with van der Waals surface area (Å²) in [6, 6.07) is 11.3. The smallest absolute Gasteiger partial charge is 0.254 e. The minimum absolute atomic E-state index is 0.0111. The molecule has 1 aliphatic heterocycles. The van der Waals surface area contributed by atoms with Gasteiger partial charge in [0.1, 0.15) is 5.52 Å². The third-order valence-electron chi connectivity index (χ3n) is 5.21. The molecule has 7 heteroatoms. The van der Waals surface area contributed by atoms with E-state index in [0.29, 0.717) is 41.2 Å². The van der Waals surface area contributed by atoms with E-state index in [2.05, 4.69) is 20.9 Å². The number of carbonyl (C=O) groups is 1. The molecule has 3 aromatic rings. The first-order valence-corrected chi connectivity index (χ1v) is 10.5. The lowest BCUT2D eigenvalue weighted by molar-refractivity contribution is 0.0706. The number of fused-ring (bicyclic) bond motifs is 1. The summed E-state index contributed by atoms with van der Waals surface area (Å²) in [6.45, 7) is 3.75. The van der Waals surface area contributed by atoms with Crippen molar-refractivity contribution in [3.63, 3.8) is 0 Å². The van der Waals surface area contributed by atoms with Gasteiger partial charge >= 0.3 is 0 Å². The number of para-hydroxylation sites is 2. The number of rotatable bonds is 5. The highest BCUT2D eigenvalue weighted by Gasteiger charge is 2.28. The molecule has 152 valence electrons. The van der Waals surface area contributed by atoms with Crippen molar-refractivity contribution in [2.24, 2.45) is 0 Å². The largest absolute Gasteiger partial charge is 0.493 e. The molecule has 0 unspecified atom stereocenters. The Hall–Kier alpha value is -2.54. The molecule has 0 saturated carbocycles. The SMILES string of the molecule is CCOc1c(Br)cc(C(=O)N2CCC(c3nc4ccccc4o3)CC2)cc1OC. The zero-order valence-corrected chi connectivity index (χ0v) is 18.1. The number of piperidine rings is 1. The third-order valence-corrected chi connectivity index (χ3v) is 5.80. The van der Waals surface area contributed by atoms with Crippen molar-refractivity contribution in [2.75, 3.05) is 26.8 Å². The number of oxazole rings is 1. The number of likely N-dealkylation sites (tertiary alicyclic amines) is 1. The number of nitrogens with zero attached hydrogens (tertiary/aromatic N) is 2. The van der Waals surface area contributed by atoms with Crippen LogP contribution in [0.5, 0.6) is 11.5 Å². The molecule has 0 aliphatic carbocycles. The average molecular weight is 459 g/mol. The van der Waals surface area contributed by atoms with Gasteiger partial charge in [-0.05, 0) is 60.0 Å². The van der Waals surface area contributed by atoms with E-state index in [1.54, 1.807) is 19.2 Å². The monoisotopic (exact) mass is 458 g/mol. The minimum atomic E-state index is -0.0111. The van der Waals surface area contributed by atoms with Crippen molar-refractivity contribution in [1.29, 1.82) is 0 Å². The summed E-state index contributed by atoms with van der Waals surface area (Å²) in [6.07, 6.45) is 1.65. The molecule has 2 heterocycles. The van der Waals surface area contributed by atoms with E-state index in [-0.39, 0.29) is 11.8 Å². The van der Waals surface area contributed by atoms with Crippen molar-refractivity contribution in [2.45, 2.75) is 25.7 Å². The molecule has 1 fully saturated rings. The number of ether oxygens (including phenoxy) is 2. The number of carbonyl (C=O) groups excluding carboxylic acids is 1. The van der Waals surface area contributed by atoms with Crippen molar-refractivity contribution in [3.05, 3.63) is 52.3 Å². The van der Waals surface area contributed by atoms with Crippen LogP contribution in [-0.4, -0.2) is 42.6 Å². The van der Waals surface area contributed by atoms with Crippen molar-refractivity contribution in [3.8, 4) is 11.5 Å². The van der Waals surface area contributed by atoms with Gasteiger partial charge in [-0.2, -0.15) is 0 Å². The molecule has 1 aliphatic rings. The summed E-state index contributed by atoms with van der Waals surface area (Å²) in [7, 11) is 1.57. The zero-order chi connectivity index (χ0) is 20.4. The van der Waals surface area contributed by atoms with E-state index in [4.69, 9.17) is 13.9 Å². The second kappa shape index (κ2) is 8.45. The van der Waals surface area contributed by atoms with Gasteiger partial charge in [0.15, 0.2) is 23.0 Å². The Morgan fingerprint density at radius 1 is 1.28 bits per heavy atom. The van der Waals surface area contributed by atoms with Crippen LogP contribution < -0.4 is 9.47 Å². The van der Waals surface area contributed by atoms with Gasteiger partial charge in [0.25, 0.3) is 5.91 Å². The number of methoxy groups -OCH3 is 1. The molecule has 0 atom stereocenters. The molecular weight excluding hydrogens is 436 g/mol. The lowest BCUT2D eigenvalue weighted by Crippen LogP contribution is -2.38. The van der Waals surface area contributed by atoms with Crippen LogP contribution in [0.2, 0.25) is 0 Å². The summed E-state index contributed by atoms with van der Waals surface area (Å²) in [5.41, 5.74) is 2.28. The van der Waals surface area contributed by atoms with E-state index in [0.717, 1.165) is 29.8 Å². The molecule has 0 N–H and O–H groups in total. The maximum absolute atomic E-state index is 13.0. The summed E-state index contributed by atoms with van der Waals surface area (Å²) < 4.78 is 17.7. The van der Waals surface area contributed by atoms with E-state index in [1.165, 1.54) is 0 Å². The zero-order valence-electron chi connectivity index (χ0n) is 16.5. The summed E-state index contributed by atoms with van der Waals surface area (Å²) in [5.74, 6) is 2.15. The second-order valence-corrected chi connectivity index (χ2v) is 7.86. The molecule has 1 saturated heterocycles. The van der Waals surface area contributed by atoms with Crippen LogP contribution in [0.3, 0.4) is 0 Å². The predicted molar refractivity (Wildman–Crippen MR) is 114 cm³/mol. The van der Waals surface area contributed by atoms with Crippen LogP contribution in [0, 0.1) is 0 Å². The first-order chi connectivity index (χ1) is 14.1. The summed E-state index contributed by atoms with van der Waals surface area (Å²) in [4.78, 5) is 19.5. The lowest BCUT2D eigenvalue weighted by atomic mass is 9.96. The Morgan fingerprint density at radius 2 is 2.03 bits per heavy atom. The summed E-state index contributed by atoms with van der Waals surface area (Å²) >= 11 is 3.49. The third kappa shape index (κ3) is 3.96. The summed E-state index contributed by atoms with van der Waals surface area (Å²) in [5, 5.41) is 0. The number of hydrogen-bond donors (Lipinski definition) is 0. The van der Waals surface area contributed by atoms with Crippen LogP contribution in [0.1, 0.15) is 41.9 Å². The van der Waals surface area contributed by atoms with Crippen LogP contribution in [0.15, 0.2) is 45.3 Å². The maximum atomic E-state index is 13.0. The lowest BCUT2D eigenvalue weighted by Gasteiger charge is -2.31. The van der Waals surface area contributed by atoms with Gasteiger partial charge < -0.3 is 18.8 Å². The number of amides is 1. The number of benzene rings is 2. The number of hydrogen-bond acceptors (Lipinski definition) is 5. The van der Waals surface area contributed by atoms with Gasteiger partial charge in [-0.3, -0.25) is 4.79 Å². The molecule has 29 heavy (non-hydrogen) atoms. The maximum Gasteiger partial charge on any atom is 0.254 e. The normalized spacial score (nSPS) is 14.9. The fourth-order valence-corrected chi connectivity index (χ4v) is 4.26. The molecular formula is C22H23BrN2O4. The van der Waals surface area contributed by atoms with Crippen molar-refractivity contribution in [1.82, 2.24) is 9.88 Å². The van der Waals surface area contributed by atoms with Crippen LogP contribution >= 0.6 is 15.9 Å². The van der Waals surface area contributed by atoms with Crippen LogP contribution in [0.4, 0.5) is 0 Å². The first kappa shape index (κ1) is 19.8. The Labute approximate surface area is 177 Å². The average Bonchev–Trinajstić information content (AvgIpc) is 3.19. The highest BCUT2D eigenvalue weighted by molar-refractivity contribution is 9.10. The molecule has 4 rings (SSSR count). The quantitative estimate of drug-likeness (QED) is 0.536. The molecule has 6 nitrogen and oxygen atoms in total. The molecule has 0 bridgehead atoms. The second-order valence-electron chi connectivity index (χ2n) is 7.01. The van der Waals surface area contributed by atoms with E-state index in [1.807, 2.05) is 36.1 Å². The van der Waals surface area contributed by atoms with E-state index >= 15 is 0 Å². The number of halogens is 1. The standard InChI is InChI=1S/C22H23BrN2O4/c1-3-28-20-16(23)12-15(13-19(20)27-2)22(26)25-10-8-14(9-11-25)21-24-17-6-4-5-7-18(17)29-21/h4-7,12-14H,3,8-11H2,1-2H3. The van der Waals surface area contributed by atoms with E-state index < -0.39 is 0 Å². The Balaban J connectivity index is 1.47. The Kier molecular flexibility index (Phi) is 5.76. The van der Waals surface area contributed by atoms with Gasteiger partial charge in [-0.25, -0.2) is 4.98 Å². The van der Waals surface area contributed by atoms with Gasteiger partial charge in [-0.1, -0.05) is 12.1 Å². The van der Waals surface area contributed by atoms with Crippen molar-refractivity contribution < 1.29 is 18.7 Å². The Bertz CT molecular complexity index is 992. The molecule has 0 radical (unpaired) electrons. The van der Waals surface area contributed by atoms with Crippen LogP contribution in [0.25, 0.3) is 11.1 Å². The molecule has 1 aromatic heterocycles. The topological polar surface area (TPSA) is 64.8 Å². The minimum Gasteiger partial charge on any atom is -0.493 e. The highest BCUT2D eigenvalue weighted by atomic mass is 79.9. The van der Waals surface area contributed by atoms with Gasteiger partial charge in [-0.15, -0.1) is 0 Å². The van der Waals surface area contributed by atoms with Crippen LogP contribution in [-0.2, 0) is 0 Å². The van der Waals surface area contributed by atoms with Gasteiger partial charge in [0.05, 0.1) is 18.2 Å². The first-order valence-electron chi connectivity index (χ1n) is 9.75. The molecule has 0 spiro atoms. The molecule has 1 amide bonds.